The third-order valence-corrected chi connectivity index (χ3v) is 2.47. The van der Waals surface area contributed by atoms with Crippen LogP contribution in [0.3, 0.4) is 0 Å². The van der Waals surface area contributed by atoms with Gasteiger partial charge in [0.2, 0.25) is 5.95 Å². The molecule has 4 N–H and O–H groups in total. The lowest BCUT2D eigenvalue weighted by Crippen LogP contribution is -2.13. The van der Waals surface area contributed by atoms with E-state index in [9.17, 15) is 4.39 Å². The normalized spacial score (nSPS) is 10.2. The number of pyridine rings is 1. The van der Waals surface area contributed by atoms with Crippen LogP contribution in [-0.4, -0.2) is 15.0 Å². The molecule has 0 atom stereocenters. The number of rotatable bonds is 4. The van der Waals surface area contributed by atoms with Gasteiger partial charge in [-0.05, 0) is 24.1 Å². The second-order valence-electron chi connectivity index (χ2n) is 3.69. The van der Waals surface area contributed by atoms with Crippen molar-refractivity contribution in [2.45, 2.75) is 13.5 Å². The molecule has 7 heteroatoms. The lowest BCUT2D eigenvalue weighted by molar-refractivity contribution is 0.617. The Balaban J connectivity index is 2.13. The van der Waals surface area contributed by atoms with Crippen molar-refractivity contribution in [3.8, 4) is 0 Å². The molecule has 0 unspecified atom stereocenters. The highest BCUT2D eigenvalue weighted by molar-refractivity contribution is 5.41. The third-order valence-electron chi connectivity index (χ3n) is 2.47. The maximum absolute atomic E-state index is 13.4. The van der Waals surface area contributed by atoms with Crippen molar-refractivity contribution in [1.29, 1.82) is 0 Å². The standard InChI is InChI=1S/C11H13FN6/c1-7-2-3-14-4-8(7)5-15-10-9(12)6-16-11(17-10)18-13/h2-4,6H,5,13H2,1H3,(H2,15,16,17,18). The highest BCUT2D eigenvalue weighted by Gasteiger charge is 2.06. The first kappa shape index (κ1) is 12.2. The van der Waals surface area contributed by atoms with Crippen LogP contribution in [0, 0.1) is 12.7 Å². The number of hydrogen-bond acceptors (Lipinski definition) is 6. The number of anilines is 2. The van der Waals surface area contributed by atoms with Crippen molar-refractivity contribution in [2.24, 2.45) is 5.84 Å². The van der Waals surface area contributed by atoms with Gasteiger partial charge in [0.05, 0.1) is 6.20 Å². The summed E-state index contributed by atoms with van der Waals surface area (Å²) in [5.41, 5.74) is 4.31. The Bertz CT molecular complexity index is 545. The van der Waals surface area contributed by atoms with Crippen LogP contribution >= 0.6 is 0 Å². The highest BCUT2D eigenvalue weighted by Crippen LogP contribution is 2.13. The van der Waals surface area contributed by atoms with Gasteiger partial charge in [-0.2, -0.15) is 4.98 Å². The van der Waals surface area contributed by atoms with Gasteiger partial charge in [0.1, 0.15) is 0 Å². The summed E-state index contributed by atoms with van der Waals surface area (Å²) in [6.07, 6.45) is 4.49. The van der Waals surface area contributed by atoms with Crippen molar-refractivity contribution >= 4 is 11.8 Å². The SMILES string of the molecule is Cc1ccncc1CNc1nc(NN)ncc1F. The molecule has 94 valence electrons. The Morgan fingerprint density at radius 3 is 2.94 bits per heavy atom. The maximum Gasteiger partial charge on any atom is 0.239 e. The molecule has 0 fully saturated rings. The number of nitrogens with one attached hydrogen (secondary N) is 2. The van der Waals surface area contributed by atoms with Gasteiger partial charge in [-0.25, -0.2) is 15.2 Å². The molecule has 18 heavy (non-hydrogen) atoms. The van der Waals surface area contributed by atoms with Crippen LogP contribution in [0.2, 0.25) is 0 Å². The summed E-state index contributed by atoms with van der Waals surface area (Å²) in [5.74, 6) is 4.89. The predicted octanol–water partition coefficient (Wildman–Crippen LogP) is 1.22. The molecular formula is C11H13FN6. The number of hydrazine groups is 1. The van der Waals surface area contributed by atoms with E-state index in [-0.39, 0.29) is 11.8 Å². The lowest BCUT2D eigenvalue weighted by atomic mass is 10.1. The predicted molar refractivity (Wildman–Crippen MR) is 66.1 cm³/mol. The monoisotopic (exact) mass is 248 g/mol. The summed E-state index contributed by atoms with van der Waals surface area (Å²) in [6.45, 7) is 2.39. The Hall–Kier alpha value is -2.28. The van der Waals surface area contributed by atoms with E-state index in [0.717, 1.165) is 17.3 Å². The molecule has 0 saturated carbocycles. The summed E-state index contributed by atoms with van der Waals surface area (Å²) in [4.78, 5) is 11.6. The first-order chi connectivity index (χ1) is 8.70. The molecular weight excluding hydrogens is 235 g/mol. The fraction of sp³-hybridized carbons (Fsp3) is 0.182. The maximum atomic E-state index is 13.4. The van der Waals surface area contributed by atoms with Gasteiger partial charge >= 0.3 is 0 Å². The first-order valence-electron chi connectivity index (χ1n) is 5.33. The molecule has 0 aliphatic carbocycles. The van der Waals surface area contributed by atoms with Gasteiger partial charge in [-0.3, -0.25) is 10.4 Å². The van der Waals surface area contributed by atoms with Crippen molar-refractivity contribution in [2.75, 3.05) is 10.7 Å². The molecule has 0 aromatic carbocycles. The van der Waals surface area contributed by atoms with Crippen LogP contribution < -0.4 is 16.6 Å². The zero-order chi connectivity index (χ0) is 13.0. The number of nitrogen functional groups attached to an aromatic ring is 1. The molecule has 0 amide bonds. The topological polar surface area (TPSA) is 88.8 Å². The molecule has 0 aliphatic rings. The molecule has 0 radical (unpaired) electrons. The average Bonchev–Trinajstić information content (AvgIpc) is 2.39. The number of aryl methyl sites for hydroxylation is 1. The Morgan fingerprint density at radius 2 is 2.22 bits per heavy atom. The second-order valence-corrected chi connectivity index (χ2v) is 3.69. The number of halogens is 1. The number of hydrogen-bond donors (Lipinski definition) is 3. The molecule has 0 aliphatic heterocycles. The molecule has 2 rings (SSSR count). The van der Waals surface area contributed by atoms with E-state index in [1.807, 2.05) is 13.0 Å². The van der Waals surface area contributed by atoms with Crippen molar-refractivity contribution < 1.29 is 4.39 Å². The summed E-state index contributed by atoms with van der Waals surface area (Å²) >= 11 is 0. The number of nitrogens with zero attached hydrogens (tertiary/aromatic N) is 3. The minimum Gasteiger partial charge on any atom is -0.363 e. The van der Waals surface area contributed by atoms with Gasteiger partial charge < -0.3 is 5.32 Å². The molecule has 0 spiro atoms. The third kappa shape index (κ3) is 2.69. The molecule has 2 aromatic rings. The summed E-state index contributed by atoms with van der Waals surface area (Å²) < 4.78 is 13.4. The van der Waals surface area contributed by atoms with E-state index < -0.39 is 5.82 Å². The van der Waals surface area contributed by atoms with Crippen molar-refractivity contribution in [1.82, 2.24) is 15.0 Å². The van der Waals surface area contributed by atoms with Crippen LogP contribution in [0.1, 0.15) is 11.1 Å². The van der Waals surface area contributed by atoms with Gasteiger partial charge in [-0.15, -0.1) is 0 Å². The highest BCUT2D eigenvalue weighted by atomic mass is 19.1. The lowest BCUT2D eigenvalue weighted by Gasteiger charge is -2.09. The van der Waals surface area contributed by atoms with E-state index in [0.29, 0.717) is 6.54 Å². The fourth-order valence-corrected chi connectivity index (χ4v) is 1.42. The fourth-order valence-electron chi connectivity index (χ4n) is 1.42. The minimum absolute atomic E-state index is 0.0983. The summed E-state index contributed by atoms with van der Waals surface area (Å²) in [5, 5.41) is 2.88. The number of aromatic nitrogens is 3. The van der Waals surface area contributed by atoms with Gasteiger partial charge in [0, 0.05) is 18.9 Å². The van der Waals surface area contributed by atoms with Crippen LogP contribution in [0.25, 0.3) is 0 Å². The van der Waals surface area contributed by atoms with Gasteiger partial charge in [0.15, 0.2) is 11.6 Å². The molecule has 0 saturated heterocycles. The van der Waals surface area contributed by atoms with Gasteiger partial charge in [-0.1, -0.05) is 0 Å². The van der Waals surface area contributed by atoms with Crippen molar-refractivity contribution in [3.63, 3.8) is 0 Å². The van der Waals surface area contributed by atoms with Crippen LogP contribution in [0.15, 0.2) is 24.7 Å². The zero-order valence-electron chi connectivity index (χ0n) is 9.81. The van der Waals surface area contributed by atoms with Crippen LogP contribution in [-0.2, 0) is 6.54 Å². The number of nitrogens with two attached hydrogens (primary N) is 1. The second kappa shape index (κ2) is 5.37. The summed E-state index contributed by atoms with van der Waals surface area (Å²) in [6, 6.07) is 1.89. The molecule has 2 aromatic heterocycles. The van der Waals surface area contributed by atoms with E-state index in [2.05, 4.69) is 25.7 Å². The van der Waals surface area contributed by atoms with E-state index in [4.69, 9.17) is 5.84 Å². The quantitative estimate of drug-likeness (QED) is 0.557. The Kier molecular flexibility index (Phi) is 3.63. The summed E-state index contributed by atoms with van der Waals surface area (Å²) in [7, 11) is 0. The minimum atomic E-state index is -0.532. The van der Waals surface area contributed by atoms with E-state index >= 15 is 0 Å². The first-order valence-corrected chi connectivity index (χ1v) is 5.33. The van der Waals surface area contributed by atoms with Crippen LogP contribution in [0.5, 0.6) is 0 Å². The zero-order valence-corrected chi connectivity index (χ0v) is 9.81. The smallest absolute Gasteiger partial charge is 0.239 e. The van der Waals surface area contributed by atoms with E-state index in [1.54, 1.807) is 12.4 Å². The molecule has 2 heterocycles. The molecule has 0 bridgehead atoms. The van der Waals surface area contributed by atoms with Crippen LogP contribution in [0.4, 0.5) is 16.2 Å². The largest absolute Gasteiger partial charge is 0.363 e. The Labute approximate surface area is 103 Å². The van der Waals surface area contributed by atoms with E-state index in [1.165, 1.54) is 0 Å². The van der Waals surface area contributed by atoms with Crippen molar-refractivity contribution in [3.05, 3.63) is 41.6 Å². The molecule has 6 nitrogen and oxygen atoms in total. The van der Waals surface area contributed by atoms with Gasteiger partial charge in [0.25, 0.3) is 0 Å². The average molecular weight is 248 g/mol. The Morgan fingerprint density at radius 1 is 1.39 bits per heavy atom.